The summed E-state index contributed by atoms with van der Waals surface area (Å²) in [4.78, 5) is 23.3. The Labute approximate surface area is 130 Å². The number of carbonyl (C=O) groups is 2. The summed E-state index contributed by atoms with van der Waals surface area (Å²) in [6.45, 7) is 7.26. The van der Waals surface area contributed by atoms with E-state index in [-0.39, 0.29) is 29.9 Å². The Morgan fingerprint density at radius 1 is 1.45 bits per heavy atom. The Kier molecular flexibility index (Phi) is 3.59. The lowest BCUT2D eigenvalue weighted by atomic mass is 9.58. The SMILES string of the molecule is CC(=O)OC1CC(O)C2(C)CCC3C(C)C(=O)OC3C2=C1C. The van der Waals surface area contributed by atoms with E-state index >= 15 is 0 Å². The molecule has 1 heterocycles. The van der Waals surface area contributed by atoms with Crippen molar-refractivity contribution in [1.82, 2.24) is 0 Å². The second-order valence-corrected chi connectivity index (χ2v) is 7.21. The Balaban J connectivity index is 2.05. The molecule has 2 aliphatic carbocycles. The van der Waals surface area contributed by atoms with Crippen LogP contribution in [0.1, 0.15) is 47.0 Å². The number of hydrogen-bond acceptors (Lipinski definition) is 5. The van der Waals surface area contributed by atoms with Gasteiger partial charge in [-0.05, 0) is 30.9 Å². The zero-order chi connectivity index (χ0) is 16.2. The molecule has 6 atom stereocenters. The molecule has 0 aromatic carbocycles. The largest absolute Gasteiger partial charge is 0.458 e. The predicted octanol–water partition coefficient (Wildman–Crippen LogP) is 1.98. The molecular formula is C17H24O5. The van der Waals surface area contributed by atoms with Gasteiger partial charge in [0.05, 0.1) is 12.0 Å². The molecule has 5 nitrogen and oxygen atoms in total. The van der Waals surface area contributed by atoms with Crippen molar-refractivity contribution in [2.24, 2.45) is 17.3 Å². The molecule has 3 rings (SSSR count). The van der Waals surface area contributed by atoms with Crippen molar-refractivity contribution < 1.29 is 24.2 Å². The highest BCUT2D eigenvalue weighted by Gasteiger charge is 2.57. The zero-order valence-electron chi connectivity index (χ0n) is 13.6. The molecule has 0 aromatic heterocycles. The third-order valence-electron chi connectivity index (χ3n) is 5.93. The van der Waals surface area contributed by atoms with Gasteiger partial charge < -0.3 is 14.6 Å². The number of esters is 2. The fourth-order valence-electron chi connectivity index (χ4n) is 4.53. The monoisotopic (exact) mass is 308 g/mol. The molecule has 2 fully saturated rings. The van der Waals surface area contributed by atoms with Crippen LogP contribution in [-0.4, -0.2) is 35.4 Å². The summed E-state index contributed by atoms with van der Waals surface area (Å²) < 4.78 is 11.0. The molecule has 5 heteroatoms. The van der Waals surface area contributed by atoms with E-state index in [0.29, 0.717) is 6.42 Å². The van der Waals surface area contributed by atoms with Crippen LogP contribution in [0.2, 0.25) is 0 Å². The maximum absolute atomic E-state index is 12.0. The van der Waals surface area contributed by atoms with Crippen molar-refractivity contribution in [3.8, 4) is 0 Å². The van der Waals surface area contributed by atoms with Crippen molar-refractivity contribution in [3.63, 3.8) is 0 Å². The number of aliphatic hydroxyl groups is 1. The average Bonchev–Trinajstić information content (AvgIpc) is 2.71. The van der Waals surface area contributed by atoms with Gasteiger partial charge in [-0.25, -0.2) is 0 Å². The molecule has 22 heavy (non-hydrogen) atoms. The normalized spacial score (nSPS) is 44.2. The van der Waals surface area contributed by atoms with Crippen molar-refractivity contribution in [2.45, 2.75) is 65.3 Å². The second-order valence-electron chi connectivity index (χ2n) is 7.21. The first kappa shape index (κ1) is 15.5. The van der Waals surface area contributed by atoms with Gasteiger partial charge in [0, 0.05) is 24.7 Å². The van der Waals surface area contributed by atoms with Gasteiger partial charge in [-0.3, -0.25) is 9.59 Å². The maximum Gasteiger partial charge on any atom is 0.309 e. The molecule has 1 aliphatic heterocycles. The van der Waals surface area contributed by atoms with Gasteiger partial charge in [-0.1, -0.05) is 13.8 Å². The van der Waals surface area contributed by atoms with Crippen LogP contribution in [0.25, 0.3) is 0 Å². The maximum atomic E-state index is 12.0. The molecule has 0 aromatic rings. The van der Waals surface area contributed by atoms with Crippen LogP contribution in [0.5, 0.6) is 0 Å². The fourth-order valence-corrected chi connectivity index (χ4v) is 4.53. The molecule has 122 valence electrons. The van der Waals surface area contributed by atoms with Crippen LogP contribution >= 0.6 is 0 Å². The minimum Gasteiger partial charge on any atom is -0.458 e. The average molecular weight is 308 g/mol. The van der Waals surface area contributed by atoms with E-state index in [4.69, 9.17) is 9.47 Å². The van der Waals surface area contributed by atoms with E-state index in [1.54, 1.807) is 0 Å². The third-order valence-corrected chi connectivity index (χ3v) is 5.93. The summed E-state index contributed by atoms with van der Waals surface area (Å²) in [5, 5.41) is 10.7. The third kappa shape index (κ3) is 2.09. The highest BCUT2D eigenvalue weighted by Crippen LogP contribution is 2.55. The van der Waals surface area contributed by atoms with Crippen molar-refractivity contribution in [1.29, 1.82) is 0 Å². The molecule has 0 amide bonds. The molecule has 0 bridgehead atoms. The summed E-state index contributed by atoms with van der Waals surface area (Å²) in [5.41, 5.74) is 1.53. The Bertz CT molecular complexity index is 551. The van der Waals surface area contributed by atoms with E-state index in [2.05, 4.69) is 0 Å². The molecule has 1 saturated heterocycles. The number of ether oxygens (including phenoxy) is 2. The smallest absolute Gasteiger partial charge is 0.309 e. The van der Waals surface area contributed by atoms with Crippen LogP contribution < -0.4 is 0 Å². The van der Waals surface area contributed by atoms with Gasteiger partial charge in [0.25, 0.3) is 0 Å². The molecule has 1 N–H and O–H groups in total. The van der Waals surface area contributed by atoms with Crippen molar-refractivity contribution in [2.75, 3.05) is 0 Å². The predicted molar refractivity (Wildman–Crippen MR) is 78.8 cm³/mol. The first-order chi connectivity index (χ1) is 10.3. The summed E-state index contributed by atoms with van der Waals surface area (Å²) in [5.74, 6) is -0.469. The van der Waals surface area contributed by atoms with E-state index < -0.39 is 17.6 Å². The number of hydrogen-bond donors (Lipinski definition) is 1. The van der Waals surface area contributed by atoms with E-state index in [0.717, 1.165) is 24.0 Å². The topological polar surface area (TPSA) is 72.8 Å². The van der Waals surface area contributed by atoms with E-state index in [9.17, 15) is 14.7 Å². The van der Waals surface area contributed by atoms with Crippen molar-refractivity contribution in [3.05, 3.63) is 11.1 Å². The second kappa shape index (κ2) is 5.08. The van der Waals surface area contributed by atoms with Crippen LogP contribution in [0.15, 0.2) is 11.1 Å². The van der Waals surface area contributed by atoms with Gasteiger partial charge in [-0.15, -0.1) is 0 Å². The van der Waals surface area contributed by atoms with Crippen LogP contribution in [-0.2, 0) is 19.1 Å². The minimum atomic E-state index is -0.592. The molecule has 6 unspecified atom stereocenters. The number of fused-ring (bicyclic) bond motifs is 3. The first-order valence-electron chi connectivity index (χ1n) is 8.02. The zero-order valence-corrected chi connectivity index (χ0v) is 13.6. The molecular weight excluding hydrogens is 284 g/mol. The van der Waals surface area contributed by atoms with Crippen LogP contribution in [0, 0.1) is 17.3 Å². The standard InChI is InChI=1S/C17H24O5/c1-8-11-5-6-17(4)13(19)7-12(21-10(3)18)9(2)14(17)15(11)22-16(8)20/h8,11-13,15,19H,5-7H2,1-4H3. The highest BCUT2D eigenvalue weighted by atomic mass is 16.6. The van der Waals surface area contributed by atoms with Crippen LogP contribution in [0.4, 0.5) is 0 Å². The Hall–Kier alpha value is -1.36. The van der Waals surface area contributed by atoms with Gasteiger partial charge in [-0.2, -0.15) is 0 Å². The summed E-state index contributed by atoms with van der Waals surface area (Å²) in [6.07, 6.45) is 0.812. The molecule has 0 spiro atoms. The Morgan fingerprint density at radius 2 is 2.14 bits per heavy atom. The lowest BCUT2D eigenvalue weighted by Gasteiger charge is -2.50. The van der Waals surface area contributed by atoms with E-state index in [1.807, 2.05) is 20.8 Å². The number of rotatable bonds is 1. The molecule has 0 radical (unpaired) electrons. The highest BCUT2D eigenvalue weighted by molar-refractivity contribution is 5.76. The summed E-state index contributed by atoms with van der Waals surface area (Å²) in [7, 11) is 0. The molecule has 1 saturated carbocycles. The molecule has 3 aliphatic rings. The first-order valence-corrected chi connectivity index (χ1v) is 8.02. The fraction of sp³-hybridized carbons (Fsp3) is 0.765. The van der Waals surface area contributed by atoms with E-state index in [1.165, 1.54) is 6.92 Å². The number of aliphatic hydroxyl groups excluding tert-OH is 1. The van der Waals surface area contributed by atoms with Crippen LogP contribution in [0.3, 0.4) is 0 Å². The van der Waals surface area contributed by atoms with Crippen molar-refractivity contribution >= 4 is 11.9 Å². The Morgan fingerprint density at radius 3 is 2.77 bits per heavy atom. The number of carbonyl (C=O) groups excluding carboxylic acids is 2. The van der Waals surface area contributed by atoms with Gasteiger partial charge in [0.2, 0.25) is 0 Å². The van der Waals surface area contributed by atoms with Gasteiger partial charge in [0.1, 0.15) is 12.2 Å². The summed E-state index contributed by atoms with van der Waals surface area (Å²) >= 11 is 0. The summed E-state index contributed by atoms with van der Waals surface area (Å²) in [6, 6.07) is 0. The quantitative estimate of drug-likeness (QED) is 0.592. The van der Waals surface area contributed by atoms with Gasteiger partial charge >= 0.3 is 11.9 Å². The lowest BCUT2D eigenvalue weighted by Crippen LogP contribution is -2.50. The van der Waals surface area contributed by atoms with Gasteiger partial charge in [0.15, 0.2) is 0 Å². The lowest BCUT2D eigenvalue weighted by molar-refractivity contribution is -0.150. The minimum absolute atomic E-state index is 0.110.